The Labute approximate surface area is 130 Å². The number of carboxylic acid groups (broad SMARTS) is 1. The van der Waals surface area contributed by atoms with Gasteiger partial charge >= 0.3 is 5.97 Å². The van der Waals surface area contributed by atoms with Crippen molar-refractivity contribution in [3.8, 4) is 0 Å². The Morgan fingerprint density at radius 3 is 1.62 bits per heavy atom. The average Bonchev–Trinajstić information content (AvgIpc) is 2.46. The maximum atomic E-state index is 10.3. The van der Waals surface area contributed by atoms with Crippen LogP contribution in [0, 0.1) is 0 Å². The predicted octanol–water partition coefficient (Wildman–Crippen LogP) is 5.99. The molecule has 0 aliphatic heterocycles. The molecule has 0 heterocycles. The van der Waals surface area contributed by atoms with Crippen molar-refractivity contribution >= 4 is 5.97 Å². The van der Waals surface area contributed by atoms with Crippen molar-refractivity contribution in [1.29, 1.82) is 0 Å². The molecule has 0 saturated carbocycles. The monoisotopic (exact) mass is 298 g/mol. The summed E-state index contributed by atoms with van der Waals surface area (Å²) in [7, 11) is 0. The minimum Gasteiger partial charge on any atom is -0.513 e. The molecule has 3 heteroatoms. The van der Waals surface area contributed by atoms with Crippen LogP contribution in [0.1, 0.15) is 96.8 Å². The molecule has 0 bridgehead atoms. The molecule has 2 N–H and O–H groups in total. The van der Waals surface area contributed by atoms with Gasteiger partial charge in [-0.1, -0.05) is 77.6 Å². The topological polar surface area (TPSA) is 57.5 Å². The van der Waals surface area contributed by atoms with Gasteiger partial charge in [0.05, 0.1) is 12.2 Å². The van der Waals surface area contributed by atoms with Crippen LogP contribution in [0.4, 0.5) is 0 Å². The number of hydrogen-bond donors (Lipinski definition) is 2. The Morgan fingerprint density at radius 1 is 0.762 bits per heavy atom. The molecule has 0 amide bonds. The lowest BCUT2D eigenvalue weighted by molar-refractivity contribution is -0.136. The zero-order valence-corrected chi connectivity index (χ0v) is 13.8. The minimum atomic E-state index is -0.892. The Hall–Kier alpha value is -0.990. The molecule has 0 aromatic carbocycles. The van der Waals surface area contributed by atoms with Gasteiger partial charge in [0, 0.05) is 6.42 Å². The van der Waals surface area contributed by atoms with E-state index < -0.39 is 5.97 Å². The third-order valence-corrected chi connectivity index (χ3v) is 3.80. The number of carbonyl (C=O) groups is 1. The summed E-state index contributed by atoms with van der Waals surface area (Å²) in [5.74, 6) is -0.666. The number of unbranched alkanes of at least 4 members (excludes halogenated alkanes) is 11. The summed E-state index contributed by atoms with van der Waals surface area (Å²) in [5, 5.41) is 17.9. The Balaban J connectivity index is 3.18. The molecule has 0 unspecified atom stereocenters. The smallest absolute Gasteiger partial charge is 0.307 e. The molecule has 0 rings (SSSR count). The van der Waals surface area contributed by atoms with Gasteiger partial charge in [-0.2, -0.15) is 0 Å². The molecular weight excluding hydrogens is 264 g/mol. The first kappa shape index (κ1) is 20.0. The minimum absolute atomic E-state index is 0.0793. The van der Waals surface area contributed by atoms with Crippen LogP contribution in [0.15, 0.2) is 11.8 Å². The standard InChI is InChI=1S/C18H34O3/c1-2-3-4-5-6-7-8-9-10-11-12-13-14-17(19)15-16-18(20)21/h15,19H,2-14,16H2,1H3,(H,20,21). The summed E-state index contributed by atoms with van der Waals surface area (Å²) in [6.07, 6.45) is 17.5. The van der Waals surface area contributed by atoms with Crippen LogP contribution >= 0.6 is 0 Å². The number of aliphatic carboxylic acids is 1. The molecule has 3 nitrogen and oxygen atoms in total. The van der Waals surface area contributed by atoms with Gasteiger partial charge in [-0.3, -0.25) is 4.79 Å². The zero-order chi connectivity index (χ0) is 15.8. The van der Waals surface area contributed by atoms with E-state index in [0.717, 1.165) is 12.8 Å². The van der Waals surface area contributed by atoms with Crippen LogP contribution in [0.5, 0.6) is 0 Å². The first-order valence-electron chi connectivity index (χ1n) is 8.76. The highest BCUT2D eigenvalue weighted by atomic mass is 16.4. The van der Waals surface area contributed by atoms with E-state index in [-0.39, 0.29) is 12.2 Å². The van der Waals surface area contributed by atoms with Crippen LogP contribution in [0.2, 0.25) is 0 Å². The number of hydrogen-bond acceptors (Lipinski definition) is 2. The molecule has 0 aliphatic rings. The van der Waals surface area contributed by atoms with Gasteiger partial charge in [-0.15, -0.1) is 0 Å². The largest absolute Gasteiger partial charge is 0.513 e. The van der Waals surface area contributed by atoms with E-state index in [2.05, 4.69) is 6.92 Å². The highest BCUT2D eigenvalue weighted by molar-refractivity contribution is 5.68. The van der Waals surface area contributed by atoms with Crippen LogP contribution < -0.4 is 0 Å². The third-order valence-electron chi connectivity index (χ3n) is 3.80. The fourth-order valence-electron chi connectivity index (χ4n) is 2.45. The average molecular weight is 298 g/mol. The second-order valence-corrected chi connectivity index (χ2v) is 5.93. The highest BCUT2D eigenvalue weighted by Gasteiger charge is 1.98. The van der Waals surface area contributed by atoms with Crippen molar-refractivity contribution in [2.24, 2.45) is 0 Å². The Bertz CT molecular complexity index is 272. The number of carboxylic acids is 1. The third kappa shape index (κ3) is 17.0. The van der Waals surface area contributed by atoms with Crippen molar-refractivity contribution in [3.63, 3.8) is 0 Å². The summed E-state index contributed by atoms with van der Waals surface area (Å²) in [6.45, 7) is 2.25. The first-order valence-corrected chi connectivity index (χ1v) is 8.76. The molecule has 0 aromatic heterocycles. The summed E-state index contributed by atoms with van der Waals surface area (Å²) >= 11 is 0. The Kier molecular flexibility index (Phi) is 14.7. The van der Waals surface area contributed by atoms with Crippen molar-refractivity contribution in [3.05, 3.63) is 11.8 Å². The number of allylic oxidation sites excluding steroid dienone is 1. The van der Waals surface area contributed by atoms with Gasteiger partial charge in [0.25, 0.3) is 0 Å². The molecule has 0 aliphatic carbocycles. The highest BCUT2D eigenvalue weighted by Crippen LogP contribution is 2.13. The first-order chi connectivity index (χ1) is 10.2. The van der Waals surface area contributed by atoms with Crippen LogP contribution in [-0.2, 0) is 4.79 Å². The van der Waals surface area contributed by atoms with Crippen LogP contribution in [0.25, 0.3) is 0 Å². The molecule has 0 spiro atoms. The van der Waals surface area contributed by atoms with Gasteiger partial charge < -0.3 is 10.2 Å². The maximum absolute atomic E-state index is 10.3. The molecule has 0 fully saturated rings. The van der Waals surface area contributed by atoms with Gasteiger partial charge in [-0.25, -0.2) is 0 Å². The molecule has 21 heavy (non-hydrogen) atoms. The van der Waals surface area contributed by atoms with Crippen molar-refractivity contribution < 1.29 is 15.0 Å². The summed E-state index contributed by atoms with van der Waals surface area (Å²) in [6, 6.07) is 0. The Morgan fingerprint density at radius 2 is 1.19 bits per heavy atom. The van der Waals surface area contributed by atoms with E-state index in [0.29, 0.717) is 6.42 Å². The molecule has 124 valence electrons. The number of aliphatic hydroxyl groups excluding tert-OH is 1. The van der Waals surface area contributed by atoms with Crippen LogP contribution in [0.3, 0.4) is 0 Å². The summed E-state index contributed by atoms with van der Waals surface area (Å²) < 4.78 is 0. The van der Waals surface area contributed by atoms with Crippen molar-refractivity contribution in [1.82, 2.24) is 0 Å². The van der Waals surface area contributed by atoms with E-state index in [1.807, 2.05) is 0 Å². The van der Waals surface area contributed by atoms with Gasteiger partial charge in [0.15, 0.2) is 0 Å². The molecule has 0 aromatic rings. The second-order valence-electron chi connectivity index (χ2n) is 5.93. The number of rotatable bonds is 15. The molecular formula is C18H34O3. The summed E-state index contributed by atoms with van der Waals surface area (Å²) in [5.41, 5.74) is 0. The van der Waals surface area contributed by atoms with Gasteiger partial charge in [0.2, 0.25) is 0 Å². The lowest BCUT2D eigenvalue weighted by Gasteiger charge is -2.03. The summed E-state index contributed by atoms with van der Waals surface area (Å²) in [4.78, 5) is 10.3. The molecule has 0 radical (unpaired) electrons. The lowest BCUT2D eigenvalue weighted by atomic mass is 10.0. The van der Waals surface area contributed by atoms with E-state index in [4.69, 9.17) is 5.11 Å². The van der Waals surface area contributed by atoms with E-state index >= 15 is 0 Å². The van der Waals surface area contributed by atoms with E-state index in [1.165, 1.54) is 70.3 Å². The van der Waals surface area contributed by atoms with Crippen molar-refractivity contribution in [2.75, 3.05) is 0 Å². The van der Waals surface area contributed by atoms with Crippen molar-refractivity contribution in [2.45, 2.75) is 96.8 Å². The van der Waals surface area contributed by atoms with Gasteiger partial charge in [-0.05, 0) is 12.5 Å². The predicted molar refractivity (Wildman–Crippen MR) is 88.7 cm³/mol. The maximum Gasteiger partial charge on any atom is 0.307 e. The second kappa shape index (κ2) is 15.4. The zero-order valence-electron chi connectivity index (χ0n) is 13.8. The fraction of sp³-hybridized carbons (Fsp3) is 0.833. The van der Waals surface area contributed by atoms with Gasteiger partial charge in [0.1, 0.15) is 0 Å². The van der Waals surface area contributed by atoms with E-state index in [9.17, 15) is 9.90 Å². The SMILES string of the molecule is CCCCCCCCCCCCCCC(O)=CCC(=O)O. The molecule has 0 saturated heterocycles. The molecule has 0 atom stereocenters. The van der Waals surface area contributed by atoms with E-state index in [1.54, 1.807) is 0 Å². The van der Waals surface area contributed by atoms with Crippen LogP contribution in [-0.4, -0.2) is 16.2 Å². The number of aliphatic hydroxyl groups is 1. The lowest BCUT2D eigenvalue weighted by Crippen LogP contribution is -1.92. The fourth-order valence-corrected chi connectivity index (χ4v) is 2.45. The quantitative estimate of drug-likeness (QED) is 0.288. The normalized spacial score (nSPS) is 11.8.